The third kappa shape index (κ3) is 5.43. The monoisotopic (exact) mass is 305 g/mol. The maximum Gasteiger partial charge on any atom is 0.0701 e. The fraction of sp³-hybridized carbons (Fsp3) is 0.667. The van der Waals surface area contributed by atoms with Crippen molar-refractivity contribution >= 4 is 27.3 Å². The molecule has 1 heterocycles. The van der Waals surface area contributed by atoms with Crippen LogP contribution < -0.4 is 5.32 Å². The summed E-state index contributed by atoms with van der Waals surface area (Å²) in [7, 11) is 0. The maximum atomic E-state index is 5.30. The number of unbranched alkanes of at least 4 members (excludes halogenated alkanes) is 1. The van der Waals surface area contributed by atoms with Gasteiger partial charge in [-0.25, -0.2) is 0 Å². The van der Waals surface area contributed by atoms with Crippen LogP contribution in [-0.4, -0.2) is 19.8 Å². The quantitative estimate of drug-likeness (QED) is 0.734. The third-order valence-electron chi connectivity index (χ3n) is 2.39. The predicted molar refractivity (Wildman–Crippen MR) is 74.2 cm³/mol. The topological polar surface area (TPSA) is 21.3 Å². The van der Waals surface area contributed by atoms with E-state index in [1.165, 1.54) is 15.1 Å². The zero-order valence-electron chi connectivity index (χ0n) is 9.96. The van der Waals surface area contributed by atoms with Crippen LogP contribution in [0.1, 0.15) is 37.6 Å². The number of rotatable bonds is 8. The molecule has 1 aromatic rings. The smallest absolute Gasteiger partial charge is 0.0701 e. The maximum absolute atomic E-state index is 5.30. The number of thiophene rings is 1. The van der Waals surface area contributed by atoms with E-state index in [1.807, 2.05) is 6.92 Å². The average Bonchev–Trinajstić information content (AvgIpc) is 2.70. The van der Waals surface area contributed by atoms with Gasteiger partial charge in [-0.15, -0.1) is 11.3 Å². The third-order valence-corrected chi connectivity index (χ3v) is 4.20. The number of nitrogens with one attached hydrogen (secondary N) is 1. The van der Waals surface area contributed by atoms with E-state index in [9.17, 15) is 0 Å². The Balaban J connectivity index is 2.09. The van der Waals surface area contributed by atoms with Gasteiger partial charge in [-0.05, 0) is 61.3 Å². The molecule has 0 aromatic carbocycles. The molecule has 0 aliphatic heterocycles. The molecule has 4 heteroatoms. The largest absolute Gasteiger partial charge is 0.382 e. The number of ether oxygens (including phenoxy) is 1. The van der Waals surface area contributed by atoms with Crippen molar-refractivity contribution < 1.29 is 4.74 Å². The summed E-state index contributed by atoms with van der Waals surface area (Å²) in [4.78, 5) is 1.39. The first kappa shape index (κ1) is 14.2. The number of hydrogen-bond donors (Lipinski definition) is 1. The summed E-state index contributed by atoms with van der Waals surface area (Å²) >= 11 is 5.28. The molecule has 2 nitrogen and oxygen atoms in total. The second-order valence-corrected chi connectivity index (χ2v) is 6.22. The molecule has 0 aliphatic carbocycles. The van der Waals surface area contributed by atoms with Gasteiger partial charge in [0.05, 0.1) is 3.79 Å². The molecule has 1 rings (SSSR count). The number of hydrogen-bond acceptors (Lipinski definition) is 3. The van der Waals surface area contributed by atoms with Crippen LogP contribution in [0.15, 0.2) is 15.9 Å². The van der Waals surface area contributed by atoms with E-state index in [0.717, 1.165) is 26.2 Å². The van der Waals surface area contributed by atoms with Crippen molar-refractivity contribution in [3.05, 3.63) is 20.8 Å². The Hall–Kier alpha value is 0.1000. The Bertz CT molecular complexity index is 290. The van der Waals surface area contributed by atoms with Crippen LogP contribution in [0.4, 0.5) is 0 Å². The fourth-order valence-electron chi connectivity index (χ4n) is 1.45. The fourth-order valence-corrected chi connectivity index (χ4v) is 2.90. The summed E-state index contributed by atoms with van der Waals surface area (Å²) < 4.78 is 6.50. The molecule has 92 valence electrons. The molecular formula is C12H20BrNOS. The van der Waals surface area contributed by atoms with E-state index in [-0.39, 0.29) is 0 Å². The normalized spacial score (nSPS) is 12.9. The summed E-state index contributed by atoms with van der Waals surface area (Å²) in [6.07, 6.45) is 2.32. The lowest BCUT2D eigenvalue weighted by atomic mass is 10.2. The standard InChI is InChI=1S/C12H20BrNOS/c1-3-15-9-5-4-8-14-10(2)11-6-7-12(13)16-11/h6-7,10,14H,3-5,8-9H2,1-2H3. The molecule has 0 amide bonds. The van der Waals surface area contributed by atoms with E-state index >= 15 is 0 Å². The van der Waals surface area contributed by atoms with Gasteiger partial charge in [0, 0.05) is 24.1 Å². The van der Waals surface area contributed by atoms with Crippen LogP contribution in [0.2, 0.25) is 0 Å². The molecule has 0 aliphatic rings. The summed E-state index contributed by atoms with van der Waals surface area (Å²) in [5.41, 5.74) is 0. The summed E-state index contributed by atoms with van der Waals surface area (Å²) in [6.45, 7) is 7.02. The lowest BCUT2D eigenvalue weighted by molar-refractivity contribution is 0.143. The predicted octanol–water partition coefficient (Wildman–Crippen LogP) is 3.98. The van der Waals surface area contributed by atoms with Gasteiger partial charge in [0.15, 0.2) is 0 Å². The minimum Gasteiger partial charge on any atom is -0.382 e. The Morgan fingerprint density at radius 1 is 1.44 bits per heavy atom. The first-order chi connectivity index (χ1) is 7.74. The molecule has 0 fully saturated rings. The molecule has 16 heavy (non-hydrogen) atoms. The van der Waals surface area contributed by atoms with Gasteiger partial charge in [-0.2, -0.15) is 0 Å². The van der Waals surface area contributed by atoms with Crippen LogP contribution in [0.5, 0.6) is 0 Å². The first-order valence-corrected chi connectivity index (χ1v) is 7.41. The summed E-state index contributed by atoms with van der Waals surface area (Å²) in [6, 6.07) is 4.73. The summed E-state index contributed by atoms with van der Waals surface area (Å²) in [5.74, 6) is 0. The Labute approximate surface area is 111 Å². The minimum absolute atomic E-state index is 0.448. The van der Waals surface area contributed by atoms with E-state index in [4.69, 9.17) is 4.74 Å². The Kier molecular flexibility index (Phi) is 7.28. The lowest BCUT2D eigenvalue weighted by Gasteiger charge is -2.11. The lowest BCUT2D eigenvalue weighted by Crippen LogP contribution is -2.19. The Morgan fingerprint density at radius 2 is 2.25 bits per heavy atom. The van der Waals surface area contributed by atoms with E-state index in [2.05, 4.69) is 40.3 Å². The molecule has 0 saturated heterocycles. The minimum atomic E-state index is 0.448. The average molecular weight is 306 g/mol. The van der Waals surface area contributed by atoms with Gasteiger partial charge in [-0.1, -0.05) is 0 Å². The van der Waals surface area contributed by atoms with Crippen molar-refractivity contribution in [3.8, 4) is 0 Å². The van der Waals surface area contributed by atoms with Crippen molar-refractivity contribution in [2.45, 2.75) is 32.7 Å². The SMILES string of the molecule is CCOCCCCNC(C)c1ccc(Br)s1. The van der Waals surface area contributed by atoms with Crippen LogP contribution in [0, 0.1) is 0 Å². The van der Waals surface area contributed by atoms with E-state index in [1.54, 1.807) is 11.3 Å². The molecule has 0 spiro atoms. The van der Waals surface area contributed by atoms with Crippen LogP contribution in [0.25, 0.3) is 0 Å². The highest BCUT2D eigenvalue weighted by Gasteiger charge is 2.06. The van der Waals surface area contributed by atoms with Crippen LogP contribution >= 0.6 is 27.3 Å². The highest BCUT2D eigenvalue weighted by Crippen LogP contribution is 2.26. The zero-order chi connectivity index (χ0) is 11.8. The molecule has 1 aromatic heterocycles. The molecular weight excluding hydrogens is 286 g/mol. The molecule has 1 unspecified atom stereocenters. The number of halogens is 1. The molecule has 1 N–H and O–H groups in total. The van der Waals surface area contributed by atoms with Crippen LogP contribution in [-0.2, 0) is 4.74 Å². The van der Waals surface area contributed by atoms with Crippen molar-refractivity contribution in [3.63, 3.8) is 0 Å². The van der Waals surface area contributed by atoms with Gasteiger partial charge in [0.1, 0.15) is 0 Å². The Morgan fingerprint density at radius 3 is 2.88 bits per heavy atom. The second kappa shape index (κ2) is 8.23. The van der Waals surface area contributed by atoms with E-state index < -0.39 is 0 Å². The molecule has 0 radical (unpaired) electrons. The van der Waals surface area contributed by atoms with Crippen molar-refractivity contribution in [1.29, 1.82) is 0 Å². The van der Waals surface area contributed by atoms with Crippen molar-refractivity contribution in [2.24, 2.45) is 0 Å². The van der Waals surface area contributed by atoms with Gasteiger partial charge in [-0.3, -0.25) is 0 Å². The van der Waals surface area contributed by atoms with Crippen LogP contribution in [0.3, 0.4) is 0 Å². The summed E-state index contributed by atoms with van der Waals surface area (Å²) in [5, 5.41) is 3.52. The van der Waals surface area contributed by atoms with Gasteiger partial charge < -0.3 is 10.1 Å². The highest BCUT2D eigenvalue weighted by molar-refractivity contribution is 9.11. The molecule has 0 saturated carbocycles. The molecule has 1 atom stereocenters. The van der Waals surface area contributed by atoms with Gasteiger partial charge >= 0.3 is 0 Å². The van der Waals surface area contributed by atoms with E-state index in [0.29, 0.717) is 6.04 Å². The van der Waals surface area contributed by atoms with Gasteiger partial charge in [0.25, 0.3) is 0 Å². The molecule has 0 bridgehead atoms. The van der Waals surface area contributed by atoms with Crippen molar-refractivity contribution in [2.75, 3.05) is 19.8 Å². The highest BCUT2D eigenvalue weighted by atomic mass is 79.9. The zero-order valence-corrected chi connectivity index (χ0v) is 12.4. The second-order valence-electron chi connectivity index (χ2n) is 3.72. The first-order valence-electron chi connectivity index (χ1n) is 5.80. The van der Waals surface area contributed by atoms with Gasteiger partial charge in [0.2, 0.25) is 0 Å². The van der Waals surface area contributed by atoms with Crippen molar-refractivity contribution in [1.82, 2.24) is 5.32 Å².